The van der Waals surface area contributed by atoms with Crippen molar-refractivity contribution in [3.05, 3.63) is 88.4 Å². The first-order valence-corrected chi connectivity index (χ1v) is 11.7. The number of carbonyl (C=O) groups excluding carboxylic acids is 1. The summed E-state index contributed by atoms with van der Waals surface area (Å²) in [4.78, 5) is 15.9. The Labute approximate surface area is 197 Å². The minimum absolute atomic E-state index is 0.0247. The Morgan fingerprint density at radius 2 is 1.94 bits per heavy atom. The number of nitrogens with zero attached hydrogens (tertiary/aromatic N) is 1. The summed E-state index contributed by atoms with van der Waals surface area (Å²) in [6.07, 6.45) is 2.45. The molecular weight excluding hydrogens is 434 g/mol. The fourth-order valence-corrected chi connectivity index (χ4v) is 4.86. The Morgan fingerprint density at radius 1 is 1.12 bits per heavy atom. The number of rotatable bonds is 10. The maximum Gasteiger partial charge on any atom is 0.236 e. The van der Waals surface area contributed by atoms with Crippen LogP contribution in [0.15, 0.2) is 72.2 Å². The van der Waals surface area contributed by atoms with E-state index >= 15 is 0 Å². The number of primary amides is 1. The predicted octanol–water partition coefficient (Wildman–Crippen LogP) is 5.07. The molecule has 3 N–H and O–H groups in total. The van der Waals surface area contributed by atoms with Crippen molar-refractivity contribution in [3.8, 4) is 5.75 Å². The second-order valence-electron chi connectivity index (χ2n) is 7.76. The Hall–Kier alpha value is -3.42. The highest BCUT2D eigenvalue weighted by Gasteiger charge is 2.36. The highest BCUT2D eigenvalue weighted by Crippen LogP contribution is 2.40. The van der Waals surface area contributed by atoms with E-state index in [4.69, 9.17) is 15.2 Å². The number of thiazole rings is 1. The quantitative estimate of drug-likeness (QED) is 0.344. The first-order valence-electron chi connectivity index (χ1n) is 10.8. The van der Waals surface area contributed by atoms with Crippen LogP contribution >= 0.6 is 11.3 Å². The molecule has 0 aliphatic carbocycles. The van der Waals surface area contributed by atoms with E-state index in [-0.39, 0.29) is 6.54 Å². The molecule has 1 amide bonds. The van der Waals surface area contributed by atoms with E-state index in [0.717, 1.165) is 21.8 Å². The normalized spacial score (nSPS) is 12.9. The van der Waals surface area contributed by atoms with Crippen LogP contribution in [0.5, 0.6) is 5.75 Å². The van der Waals surface area contributed by atoms with Crippen LogP contribution in [-0.2, 0) is 21.7 Å². The second-order valence-corrected chi connectivity index (χ2v) is 8.65. The highest BCUT2D eigenvalue weighted by molar-refractivity contribution is 7.09. The molecule has 4 rings (SSSR count). The van der Waals surface area contributed by atoms with Crippen molar-refractivity contribution >= 4 is 33.7 Å². The molecule has 0 aliphatic rings. The summed E-state index contributed by atoms with van der Waals surface area (Å²) in [6.45, 7) is 2.49. The zero-order chi connectivity index (χ0) is 23.3. The molecule has 1 atom stereocenters. The largest absolute Gasteiger partial charge is 0.489 e. The van der Waals surface area contributed by atoms with Crippen LogP contribution in [0.3, 0.4) is 0 Å². The minimum atomic E-state index is -0.723. The molecule has 1 aromatic heterocycles. The van der Waals surface area contributed by atoms with Gasteiger partial charge in [0, 0.05) is 30.4 Å². The van der Waals surface area contributed by atoms with Gasteiger partial charge in [0.1, 0.15) is 23.0 Å². The number of hydrogen-bond donors (Lipinski definition) is 2. The highest BCUT2D eigenvalue weighted by atomic mass is 32.1. The molecule has 0 saturated carbocycles. The van der Waals surface area contributed by atoms with Gasteiger partial charge in [0.25, 0.3) is 0 Å². The standard InChI is InChI=1S/C26H27N3O3S/c1-3-26(31-2,25-28-10-11-33-25)21-13-22(29-16-24(27)30)15-23(14-21)32-17-18-8-9-19-6-4-5-7-20(19)12-18/h4-15,29H,3,16-17H2,1-2H3,(H2,27,30). The van der Waals surface area contributed by atoms with Crippen LogP contribution in [0.4, 0.5) is 5.69 Å². The molecule has 6 nitrogen and oxygen atoms in total. The zero-order valence-electron chi connectivity index (χ0n) is 18.7. The SMILES string of the molecule is CCC(OC)(c1cc(NCC(N)=O)cc(OCc2ccc3ccccc3c2)c1)c1nccs1. The van der Waals surface area contributed by atoms with E-state index in [9.17, 15) is 4.79 Å². The van der Waals surface area contributed by atoms with Gasteiger partial charge in [-0.2, -0.15) is 0 Å². The lowest BCUT2D eigenvalue weighted by atomic mass is 9.90. The zero-order valence-corrected chi connectivity index (χ0v) is 19.5. The average molecular weight is 462 g/mol. The lowest BCUT2D eigenvalue weighted by Crippen LogP contribution is -2.29. The van der Waals surface area contributed by atoms with Crippen LogP contribution in [0.1, 0.15) is 29.5 Å². The minimum Gasteiger partial charge on any atom is -0.489 e. The summed E-state index contributed by atoms with van der Waals surface area (Å²) in [5.74, 6) is 0.228. The third-order valence-electron chi connectivity index (χ3n) is 5.68. The molecule has 0 radical (unpaired) electrons. The Bertz CT molecular complexity index is 1240. The van der Waals surface area contributed by atoms with Gasteiger partial charge < -0.3 is 20.5 Å². The number of aromatic nitrogens is 1. The maximum atomic E-state index is 11.4. The molecule has 7 heteroatoms. The van der Waals surface area contributed by atoms with Gasteiger partial charge >= 0.3 is 0 Å². The van der Waals surface area contributed by atoms with Crippen molar-refractivity contribution in [1.82, 2.24) is 4.98 Å². The van der Waals surface area contributed by atoms with Gasteiger partial charge in [0.05, 0.1) is 6.54 Å². The molecule has 33 heavy (non-hydrogen) atoms. The molecule has 0 bridgehead atoms. The number of amides is 1. The topological polar surface area (TPSA) is 86.5 Å². The van der Waals surface area contributed by atoms with Gasteiger partial charge in [-0.1, -0.05) is 43.3 Å². The van der Waals surface area contributed by atoms with Gasteiger partial charge in [-0.25, -0.2) is 4.98 Å². The predicted molar refractivity (Wildman–Crippen MR) is 133 cm³/mol. The van der Waals surface area contributed by atoms with Crippen LogP contribution in [-0.4, -0.2) is 24.5 Å². The fourth-order valence-electron chi connectivity index (χ4n) is 3.95. The number of anilines is 1. The van der Waals surface area contributed by atoms with E-state index < -0.39 is 11.5 Å². The Morgan fingerprint density at radius 3 is 2.64 bits per heavy atom. The smallest absolute Gasteiger partial charge is 0.236 e. The molecular formula is C26H27N3O3S. The number of fused-ring (bicyclic) bond motifs is 1. The van der Waals surface area contributed by atoms with Gasteiger partial charge in [-0.15, -0.1) is 11.3 Å². The van der Waals surface area contributed by atoms with Gasteiger partial charge in [-0.3, -0.25) is 4.79 Å². The molecule has 4 aromatic rings. The van der Waals surface area contributed by atoms with Crippen molar-refractivity contribution in [2.45, 2.75) is 25.6 Å². The summed E-state index contributed by atoms with van der Waals surface area (Å²) in [5.41, 5.74) is 7.31. The monoisotopic (exact) mass is 461 g/mol. The first-order chi connectivity index (χ1) is 16.0. The van der Waals surface area contributed by atoms with Crippen molar-refractivity contribution in [2.75, 3.05) is 19.0 Å². The second kappa shape index (κ2) is 10.0. The summed E-state index contributed by atoms with van der Waals surface area (Å²) >= 11 is 1.54. The van der Waals surface area contributed by atoms with Gasteiger partial charge in [-0.05, 0) is 46.5 Å². The molecule has 1 heterocycles. The summed E-state index contributed by atoms with van der Waals surface area (Å²) in [5, 5.41) is 8.25. The Balaban J connectivity index is 1.67. The number of nitrogens with two attached hydrogens (primary N) is 1. The third kappa shape index (κ3) is 4.99. The molecule has 0 saturated heterocycles. The van der Waals surface area contributed by atoms with Crippen molar-refractivity contribution in [2.24, 2.45) is 5.73 Å². The number of hydrogen-bond acceptors (Lipinski definition) is 6. The first kappa shape index (κ1) is 22.8. The maximum absolute atomic E-state index is 11.4. The molecule has 1 unspecified atom stereocenters. The van der Waals surface area contributed by atoms with E-state index in [1.807, 2.05) is 35.7 Å². The molecule has 0 spiro atoms. The number of benzene rings is 3. The molecule has 170 valence electrons. The number of nitrogens with one attached hydrogen (secondary N) is 1. The lowest BCUT2D eigenvalue weighted by molar-refractivity contribution is -0.116. The average Bonchev–Trinajstić information content (AvgIpc) is 3.38. The summed E-state index contributed by atoms with van der Waals surface area (Å²) in [7, 11) is 1.68. The Kier molecular flexibility index (Phi) is 6.91. The van der Waals surface area contributed by atoms with Crippen LogP contribution in [0, 0.1) is 0 Å². The van der Waals surface area contributed by atoms with Crippen LogP contribution in [0.25, 0.3) is 10.8 Å². The summed E-state index contributed by atoms with van der Waals surface area (Å²) < 4.78 is 12.2. The van der Waals surface area contributed by atoms with Crippen molar-refractivity contribution in [3.63, 3.8) is 0 Å². The fraction of sp³-hybridized carbons (Fsp3) is 0.231. The van der Waals surface area contributed by atoms with Crippen LogP contribution in [0.2, 0.25) is 0 Å². The number of methoxy groups -OCH3 is 1. The molecule has 0 fully saturated rings. The van der Waals surface area contributed by atoms with E-state index in [1.54, 1.807) is 24.6 Å². The van der Waals surface area contributed by atoms with Crippen LogP contribution < -0.4 is 15.8 Å². The van der Waals surface area contributed by atoms with Gasteiger partial charge in [0.15, 0.2) is 0 Å². The molecule has 3 aromatic carbocycles. The van der Waals surface area contributed by atoms with Crippen molar-refractivity contribution in [1.29, 1.82) is 0 Å². The number of ether oxygens (including phenoxy) is 2. The van der Waals surface area contributed by atoms with Crippen molar-refractivity contribution < 1.29 is 14.3 Å². The van der Waals surface area contributed by atoms with E-state index in [0.29, 0.717) is 18.8 Å². The molecule has 0 aliphatic heterocycles. The number of carbonyl (C=O) groups is 1. The lowest BCUT2D eigenvalue weighted by Gasteiger charge is -2.30. The summed E-state index contributed by atoms with van der Waals surface area (Å²) in [6, 6.07) is 20.3. The third-order valence-corrected chi connectivity index (χ3v) is 6.60. The van der Waals surface area contributed by atoms with E-state index in [2.05, 4.69) is 47.6 Å². The van der Waals surface area contributed by atoms with Gasteiger partial charge in [0.2, 0.25) is 5.91 Å². The van der Waals surface area contributed by atoms with E-state index in [1.165, 1.54) is 10.8 Å².